The molecule has 2 aromatic carbocycles. The van der Waals surface area contributed by atoms with Crippen LogP contribution in [-0.2, 0) is 20.9 Å². The highest BCUT2D eigenvalue weighted by Gasteiger charge is 2.33. The topological polar surface area (TPSA) is 85.2 Å². The van der Waals surface area contributed by atoms with Crippen LogP contribution in [0.4, 0.5) is 4.39 Å². The Bertz CT molecular complexity index is 1170. The van der Waals surface area contributed by atoms with E-state index in [0.29, 0.717) is 27.7 Å². The molecule has 1 aliphatic heterocycles. The van der Waals surface area contributed by atoms with Crippen molar-refractivity contribution in [1.82, 2.24) is 0 Å². The summed E-state index contributed by atoms with van der Waals surface area (Å²) in [6.45, 7) is 3.83. The average molecular weight is 504 g/mol. The van der Waals surface area contributed by atoms with Gasteiger partial charge < -0.3 is 14.6 Å². The fourth-order valence-corrected chi connectivity index (χ4v) is 4.27. The van der Waals surface area contributed by atoms with E-state index in [-0.39, 0.29) is 47.7 Å². The predicted octanol–water partition coefficient (Wildman–Crippen LogP) is 6.25. The number of hydrogen-bond acceptors (Lipinski definition) is 6. The number of benzene rings is 2. The minimum atomic E-state index is -0.749. The van der Waals surface area contributed by atoms with E-state index in [2.05, 4.69) is 4.99 Å². The first-order valence-corrected chi connectivity index (χ1v) is 11.8. The number of thioether (sulfide) groups is 1. The van der Waals surface area contributed by atoms with Crippen LogP contribution in [0.3, 0.4) is 0 Å². The highest BCUT2D eigenvalue weighted by molar-refractivity contribution is 8.18. The van der Waals surface area contributed by atoms with Crippen molar-refractivity contribution in [2.75, 3.05) is 6.61 Å². The summed E-state index contributed by atoms with van der Waals surface area (Å²) >= 11 is 7.37. The number of aliphatic hydroxyl groups excluding tert-OH is 1. The van der Waals surface area contributed by atoms with Crippen molar-refractivity contribution in [3.8, 4) is 5.75 Å². The molecule has 0 atom stereocenters. The smallest absolute Gasteiger partial charge is 0.344 e. The SMILES string of the molecule is CCCC(=O)N=C1S/C(=C\c2ccc(OCc3ccc(F)cc3)c(Cl)c2)C(O)=C1C(=O)OCC. The van der Waals surface area contributed by atoms with Gasteiger partial charge in [-0.1, -0.05) is 48.5 Å². The number of esters is 1. The average Bonchev–Trinajstić information content (AvgIpc) is 3.09. The monoisotopic (exact) mass is 503 g/mol. The number of halogens is 2. The van der Waals surface area contributed by atoms with Gasteiger partial charge in [-0.05, 0) is 54.8 Å². The number of carbonyl (C=O) groups is 2. The van der Waals surface area contributed by atoms with Gasteiger partial charge in [0.2, 0.25) is 5.91 Å². The summed E-state index contributed by atoms with van der Waals surface area (Å²) in [6.07, 6.45) is 2.47. The van der Waals surface area contributed by atoms with Gasteiger partial charge >= 0.3 is 5.97 Å². The van der Waals surface area contributed by atoms with Crippen LogP contribution in [0.2, 0.25) is 5.02 Å². The van der Waals surface area contributed by atoms with Crippen LogP contribution in [0.15, 0.2) is 63.7 Å². The Morgan fingerprint density at radius 1 is 1.18 bits per heavy atom. The summed E-state index contributed by atoms with van der Waals surface area (Å²) in [6, 6.07) is 11.0. The third-order valence-electron chi connectivity index (χ3n) is 4.62. The lowest BCUT2D eigenvalue weighted by Gasteiger charge is -2.09. The van der Waals surface area contributed by atoms with Crippen LogP contribution in [-0.4, -0.2) is 28.6 Å². The van der Waals surface area contributed by atoms with E-state index in [0.717, 1.165) is 17.3 Å². The minimum Gasteiger partial charge on any atom is -0.506 e. The number of carbonyl (C=O) groups excluding carboxylic acids is 2. The maximum Gasteiger partial charge on any atom is 0.344 e. The Morgan fingerprint density at radius 3 is 2.56 bits per heavy atom. The third-order valence-corrected chi connectivity index (χ3v) is 5.94. The summed E-state index contributed by atoms with van der Waals surface area (Å²) in [5.41, 5.74) is 1.29. The van der Waals surface area contributed by atoms with Gasteiger partial charge in [-0.25, -0.2) is 14.2 Å². The normalized spacial score (nSPS) is 15.8. The van der Waals surface area contributed by atoms with E-state index >= 15 is 0 Å². The van der Waals surface area contributed by atoms with Crippen molar-refractivity contribution in [1.29, 1.82) is 0 Å². The van der Waals surface area contributed by atoms with E-state index in [1.54, 1.807) is 43.3 Å². The fraction of sp³-hybridized carbons (Fsp3) is 0.240. The lowest BCUT2D eigenvalue weighted by atomic mass is 10.1. The largest absolute Gasteiger partial charge is 0.506 e. The van der Waals surface area contributed by atoms with Gasteiger partial charge in [-0.2, -0.15) is 0 Å². The molecular weight excluding hydrogens is 481 g/mol. The molecule has 0 fully saturated rings. The van der Waals surface area contributed by atoms with E-state index in [1.165, 1.54) is 12.1 Å². The van der Waals surface area contributed by atoms with Gasteiger partial charge in [-0.15, -0.1) is 0 Å². The molecule has 0 spiro atoms. The van der Waals surface area contributed by atoms with Gasteiger partial charge in [0, 0.05) is 6.42 Å². The Kier molecular flexibility index (Phi) is 8.90. The lowest BCUT2D eigenvalue weighted by molar-refractivity contribution is -0.138. The van der Waals surface area contributed by atoms with E-state index < -0.39 is 5.97 Å². The first-order valence-electron chi connectivity index (χ1n) is 10.6. The molecule has 0 bridgehead atoms. The highest BCUT2D eigenvalue weighted by atomic mass is 35.5. The van der Waals surface area contributed by atoms with Gasteiger partial charge in [0.25, 0.3) is 0 Å². The first kappa shape index (κ1) is 25.5. The summed E-state index contributed by atoms with van der Waals surface area (Å²) in [5, 5.41) is 11.1. The molecule has 0 unspecified atom stereocenters. The Morgan fingerprint density at radius 2 is 1.91 bits per heavy atom. The molecule has 1 amide bonds. The van der Waals surface area contributed by atoms with Crippen LogP contribution in [0.1, 0.15) is 37.8 Å². The zero-order chi connectivity index (χ0) is 24.7. The number of amides is 1. The van der Waals surface area contributed by atoms with Gasteiger partial charge in [0.15, 0.2) is 0 Å². The second-order valence-electron chi connectivity index (χ2n) is 7.22. The van der Waals surface area contributed by atoms with E-state index in [4.69, 9.17) is 21.1 Å². The molecule has 1 aliphatic rings. The second-order valence-corrected chi connectivity index (χ2v) is 8.66. The molecule has 6 nitrogen and oxygen atoms in total. The van der Waals surface area contributed by atoms with Crippen molar-refractivity contribution < 1.29 is 28.6 Å². The number of hydrogen-bond donors (Lipinski definition) is 1. The summed E-state index contributed by atoms with van der Waals surface area (Å²) in [5.74, 6) is -1.32. The minimum absolute atomic E-state index is 0.103. The number of rotatable bonds is 8. The molecule has 0 aromatic heterocycles. The van der Waals surface area contributed by atoms with Crippen molar-refractivity contribution in [2.24, 2.45) is 4.99 Å². The predicted molar refractivity (Wildman–Crippen MR) is 131 cm³/mol. The molecule has 178 valence electrons. The summed E-state index contributed by atoms with van der Waals surface area (Å²) in [7, 11) is 0. The number of aliphatic imine (C=N–C) groups is 1. The van der Waals surface area contributed by atoms with Crippen LogP contribution >= 0.6 is 23.4 Å². The molecule has 34 heavy (non-hydrogen) atoms. The molecule has 2 aromatic rings. The quantitative estimate of drug-likeness (QED) is 0.429. The van der Waals surface area contributed by atoms with Crippen molar-refractivity contribution in [3.63, 3.8) is 0 Å². The van der Waals surface area contributed by atoms with Crippen molar-refractivity contribution >= 4 is 46.4 Å². The Labute approximate surface area is 206 Å². The molecule has 0 saturated carbocycles. The van der Waals surface area contributed by atoms with Crippen LogP contribution in [0.5, 0.6) is 5.75 Å². The van der Waals surface area contributed by atoms with Gasteiger partial charge in [0.1, 0.15) is 34.5 Å². The Balaban J connectivity index is 1.83. The summed E-state index contributed by atoms with van der Waals surface area (Å²) < 4.78 is 23.8. The molecule has 1 heterocycles. The van der Waals surface area contributed by atoms with Crippen LogP contribution in [0, 0.1) is 5.82 Å². The number of ether oxygens (including phenoxy) is 2. The molecule has 3 rings (SSSR count). The lowest BCUT2D eigenvalue weighted by Crippen LogP contribution is -2.14. The van der Waals surface area contributed by atoms with E-state index in [1.807, 2.05) is 6.92 Å². The van der Waals surface area contributed by atoms with Crippen LogP contribution < -0.4 is 4.74 Å². The Hall–Kier alpha value is -3.10. The molecule has 9 heteroatoms. The van der Waals surface area contributed by atoms with Crippen molar-refractivity contribution in [2.45, 2.75) is 33.3 Å². The fourth-order valence-electron chi connectivity index (χ4n) is 2.99. The molecule has 1 N–H and O–H groups in total. The van der Waals surface area contributed by atoms with Crippen molar-refractivity contribution in [3.05, 3.63) is 80.7 Å². The second kappa shape index (κ2) is 11.9. The zero-order valence-corrected chi connectivity index (χ0v) is 20.2. The number of nitrogens with zero attached hydrogens (tertiary/aromatic N) is 1. The standard InChI is InChI=1S/C25H23ClFNO5S/c1-3-5-21(29)28-24-22(25(31)32-4-2)23(30)20(34-24)13-16-8-11-19(18(26)12-16)33-14-15-6-9-17(27)10-7-15/h6-13,30H,3-5,14H2,1-2H3/b20-13-,28-24?. The van der Waals surface area contributed by atoms with Crippen LogP contribution in [0.25, 0.3) is 6.08 Å². The van der Waals surface area contributed by atoms with Gasteiger partial charge in [0.05, 0.1) is 16.5 Å². The molecule has 0 saturated heterocycles. The van der Waals surface area contributed by atoms with E-state index in [9.17, 15) is 19.1 Å². The zero-order valence-electron chi connectivity index (χ0n) is 18.6. The summed E-state index contributed by atoms with van der Waals surface area (Å²) in [4.78, 5) is 28.7. The maximum absolute atomic E-state index is 13.0. The van der Waals surface area contributed by atoms with Gasteiger partial charge in [-0.3, -0.25) is 4.79 Å². The third kappa shape index (κ3) is 6.48. The number of aliphatic hydroxyl groups is 1. The highest BCUT2D eigenvalue weighted by Crippen LogP contribution is 2.40. The molecular formula is C25H23ClFNO5S. The maximum atomic E-state index is 13.0. The molecule has 0 radical (unpaired) electrons. The first-order chi connectivity index (χ1) is 16.3. The molecule has 0 aliphatic carbocycles.